The van der Waals surface area contributed by atoms with Crippen LogP contribution in [0.3, 0.4) is 0 Å². The molecule has 2 aromatic carbocycles. The van der Waals surface area contributed by atoms with E-state index >= 15 is 0 Å². The van der Waals surface area contributed by atoms with Crippen LogP contribution < -0.4 is 14.5 Å². The van der Waals surface area contributed by atoms with E-state index in [2.05, 4.69) is 82.3 Å². The summed E-state index contributed by atoms with van der Waals surface area (Å²) >= 11 is 0. The first-order chi connectivity index (χ1) is 22.2. The normalized spacial score (nSPS) is 14.8. The third-order valence-corrected chi connectivity index (χ3v) is 9.91. The summed E-state index contributed by atoms with van der Waals surface area (Å²) in [7, 11) is 3.21. The Morgan fingerprint density at radius 1 is 0.913 bits per heavy atom. The maximum absolute atomic E-state index is 6.29. The van der Waals surface area contributed by atoms with E-state index in [0.29, 0.717) is 26.4 Å². The van der Waals surface area contributed by atoms with E-state index in [0.717, 1.165) is 89.6 Å². The number of imidazole rings is 1. The van der Waals surface area contributed by atoms with Gasteiger partial charge in [0.15, 0.2) is 5.65 Å². The Labute approximate surface area is 273 Å². The van der Waals surface area contributed by atoms with Gasteiger partial charge < -0.3 is 28.7 Å². The fourth-order valence-electron chi connectivity index (χ4n) is 5.67. The van der Waals surface area contributed by atoms with Crippen LogP contribution in [-0.2, 0) is 31.0 Å². The Hall–Kier alpha value is -3.87. The third kappa shape index (κ3) is 7.24. The van der Waals surface area contributed by atoms with Gasteiger partial charge in [-0.2, -0.15) is 19.6 Å². The quantitative estimate of drug-likeness (QED) is 0.170. The topological polar surface area (TPSA) is 89.1 Å². The van der Waals surface area contributed by atoms with Crippen molar-refractivity contribution in [3.63, 3.8) is 0 Å². The van der Waals surface area contributed by atoms with Crippen molar-refractivity contribution in [1.29, 1.82) is 0 Å². The van der Waals surface area contributed by atoms with Gasteiger partial charge in [-0.05, 0) is 62.1 Å². The predicted molar refractivity (Wildman–Crippen MR) is 189 cm³/mol. The van der Waals surface area contributed by atoms with Crippen molar-refractivity contribution in [2.75, 3.05) is 81.3 Å². The number of nitrogens with zero attached hydrogens (tertiary/aromatic N) is 9. The molecule has 11 nitrogen and oxygen atoms in total. The number of para-hydroxylation sites is 2. The lowest BCUT2D eigenvalue weighted by molar-refractivity contribution is 0.0903. The molecule has 0 saturated carbocycles. The molecule has 46 heavy (non-hydrogen) atoms. The summed E-state index contributed by atoms with van der Waals surface area (Å²) < 4.78 is 15.8. The number of benzene rings is 2. The van der Waals surface area contributed by atoms with Crippen molar-refractivity contribution in [2.24, 2.45) is 0 Å². The summed E-state index contributed by atoms with van der Waals surface area (Å²) in [5.41, 5.74) is 5.09. The molecule has 0 bridgehead atoms. The summed E-state index contributed by atoms with van der Waals surface area (Å²) in [6, 6.07) is 16.5. The molecule has 0 radical (unpaired) electrons. The summed E-state index contributed by atoms with van der Waals surface area (Å²) in [5, 5.41) is 4.82. The van der Waals surface area contributed by atoms with E-state index < -0.39 is 10.0 Å². The molecule has 1 aliphatic heterocycles. The lowest BCUT2D eigenvalue weighted by atomic mass is 10.2. The number of hydrogen-bond acceptors (Lipinski definition) is 9. The summed E-state index contributed by atoms with van der Waals surface area (Å²) in [4.78, 5) is 22.3. The molecule has 0 atom stereocenters. The van der Waals surface area contributed by atoms with Gasteiger partial charge in [0.2, 0.25) is 11.9 Å². The molecule has 6 rings (SSSR count). The molecule has 3 aromatic heterocycles. The van der Waals surface area contributed by atoms with Crippen LogP contribution in [0.25, 0.3) is 16.7 Å². The standard InChI is InChI=1S/C34H47N9O2S/c1-7-27-22-35-43-32(27)37-33(40-18-16-39(2)17-19-40)38-34(43)41(23-26-12-14-28(44-3)15-13-26)24-31-36-29-10-8-9-11-30(29)42(31)25-45-20-21-46(4,5)6/h8-15,22H,7,16-21,23-25H2,1-6H3. The maximum atomic E-state index is 6.29. The van der Waals surface area contributed by atoms with Crippen molar-refractivity contribution in [1.82, 2.24) is 34.0 Å². The van der Waals surface area contributed by atoms with Crippen molar-refractivity contribution < 1.29 is 9.47 Å². The minimum absolute atomic E-state index is 0.440. The Balaban J connectivity index is 1.42. The molecular formula is C34H47N9O2S. The lowest BCUT2D eigenvalue weighted by Gasteiger charge is -2.33. The van der Waals surface area contributed by atoms with Crippen molar-refractivity contribution >= 4 is 38.6 Å². The summed E-state index contributed by atoms with van der Waals surface area (Å²) in [6.07, 6.45) is 9.73. The van der Waals surface area contributed by atoms with Gasteiger partial charge in [-0.3, -0.25) is 0 Å². The van der Waals surface area contributed by atoms with Crippen LogP contribution in [0.2, 0.25) is 0 Å². The second kappa shape index (κ2) is 13.9. The molecule has 1 fully saturated rings. The van der Waals surface area contributed by atoms with Crippen LogP contribution in [0.4, 0.5) is 11.9 Å². The number of hydrogen-bond donors (Lipinski definition) is 0. The van der Waals surface area contributed by atoms with Gasteiger partial charge in [0.1, 0.15) is 18.3 Å². The number of likely N-dealkylation sites (N-methyl/N-ethyl adjacent to an activating group) is 1. The number of aromatic nitrogens is 6. The summed E-state index contributed by atoms with van der Waals surface area (Å²) in [5.74, 6) is 4.28. The molecule has 0 aliphatic carbocycles. The van der Waals surface area contributed by atoms with Crippen molar-refractivity contribution in [3.8, 4) is 5.75 Å². The number of rotatable bonds is 13. The minimum Gasteiger partial charge on any atom is -0.497 e. The van der Waals surface area contributed by atoms with E-state index in [4.69, 9.17) is 29.5 Å². The highest BCUT2D eigenvalue weighted by atomic mass is 32.3. The minimum atomic E-state index is -0.648. The zero-order valence-corrected chi connectivity index (χ0v) is 28.8. The van der Waals surface area contributed by atoms with Crippen LogP contribution in [-0.4, -0.2) is 105 Å². The van der Waals surface area contributed by atoms with Crippen LogP contribution in [0.15, 0.2) is 54.7 Å². The highest BCUT2D eigenvalue weighted by Crippen LogP contribution is 2.33. The second-order valence-electron chi connectivity index (χ2n) is 12.9. The van der Waals surface area contributed by atoms with E-state index in [-0.39, 0.29) is 0 Å². The van der Waals surface area contributed by atoms with Gasteiger partial charge in [0, 0.05) is 44.0 Å². The molecule has 5 aromatic rings. The molecule has 246 valence electrons. The molecule has 0 N–H and O–H groups in total. The first-order valence-electron chi connectivity index (χ1n) is 16.0. The molecule has 1 saturated heterocycles. The first kappa shape index (κ1) is 32.1. The molecule has 0 unspecified atom stereocenters. The second-order valence-corrected chi connectivity index (χ2v) is 17.4. The third-order valence-electron chi connectivity index (χ3n) is 8.52. The SMILES string of the molecule is CCc1cnn2c(N(Cc3ccc(OC)cc3)Cc3nc4ccccc4n3COCCS(C)(C)C)nc(N3CCN(C)CC3)nc12. The van der Waals surface area contributed by atoms with Gasteiger partial charge in [0.05, 0.1) is 37.5 Å². The highest BCUT2D eigenvalue weighted by molar-refractivity contribution is 8.32. The van der Waals surface area contributed by atoms with Gasteiger partial charge in [0.25, 0.3) is 0 Å². The number of methoxy groups -OCH3 is 1. The Kier molecular flexibility index (Phi) is 9.67. The van der Waals surface area contributed by atoms with Crippen molar-refractivity contribution in [3.05, 3.63) is 71.7 Å². The van der Waals surface area contributed by atoms with Crippen LogP contribution in [0, 0.1) is 0 Å². The summed E-state index contributed by atoms with van der Waals surface area (Å²) in [6.45, 7) is 8.10. The van der Waals surface area contributed by atoms with E-state index in [1.54, 1.807) is 7.11 Å². The Morgan fingerprint density at radius 2 is 1.67 bits per heavy atom. The van der Waals surface area contributed by atoms with Crippen LogP contribution in [0.5, 0.6) is 5.75 Å². The number of aryl methyl sites for hydroxylation is 1. The molecule has 0 amide bonds. The van der Waals surface area contributed by atoms with Crippen molar-refractivity contribution in [2.45, 2.75) is 33.2 Å². The fourth-order valence-corrected chi connectivity index (χ4v) is 6.29. The number of ether oxygens (including phenoxy) is 2. The fraction of sp³-hybridized carbons (Fsp3) is 0.471. The molecular weight excluding hydrogens is 599 g/mol. The van der Waals surface area contributed by atoms with Crippen LogP contribution in [0.1, 0.15) is 23.9 Å². The first-order valence-corrected chi connectivity index (χ1v) is 19.0. The molecule has 1 aliphatic rings. The zero-order valence-electron chi connectivity index (χ0n) is 28.0. The maximum Gasteiger partial charge on any atom is 0.232 e. The predicted octanol–water partition coefficient (Wildman–Crippen LogP) is 4.67. The van der Waals surface area contributed by atoms with E-state index in [9.17, 15) is 0 Å². The lowest BCUT2D eigenvalue weighted by Crippen LogP contribution is -2.45. The number of fused-ring (bicyclic) bond motifs is 2. The largest absolute Gasteiger partial charge is 0.497 e. The van der Waals surface area contributed by atoms with Gasteiger partial charge >= 0.3 is 0 Å². The van der Waals surface area contributed by atoms with E-state index in [1.807, 2.05) is 28.9 Å². The Morgan fingerprint density at radius 3 is 2.39 bits per heavy atom. The van der Waals surface area contributed by atoms with E-state index in [1.165, 1.54) is 0 Å². The van der Waals surface area contributed by atoms with Gasteiger partial charge in [-0.1, -0.05) is 31.2 Å². The molecule has 0 spiro atoms. The monoisotopic (exact) mass is 645 g/mol. The number of piperazine rings is 1. The van der Waals surface area contributed by atoms with Gasteiger partial charge in [-0.15, -0.1) is 0 Å². The smallest absolute Gasteiger partial charge is 0.232 e. The van der Waals surface area contributed by atoms with Crippen LogP contribution >= 0.6 is 10.0 Å². The average molecular weight is 646 g/mol. The average Bonchev–Trinajstić information content (AvgIpc) is 3.63. The molecule has 12 heteroatoms. The highest BCUT2D eigenvalue weighted by Gasteiger charge is 2.25. The van der Waals surface area contributed by atoms with Gasteiger partial charge in [-0.25, -0.2) is 15.0 Å². The molecule has 4 heterocycles. The Bertz CT molecular complexity index is 1750. The number of anilines is 2. The zero-order chi connectivity index (χ0) is 32.3.